The monoisotopic (exact) mass is 214 g/mol. The van der Waals surface area contributed by atoms with Crippen LogP contribution in [0.5, 0.6) is 0 Å². The molecule has 0 aliphatic rings. The highest BCUT2D eigenvalue weighted by molar-refractivity contribution is 6.28. The van der Waals surface area contributed by atoms with E-state index in [1.165, 1.54) is 0 Å². The molecule has 5 heteroatoms. The van der Waals surface area contributed by atoms with Gasteiger partial charge in [0.2, 0.25) is 11.2 Å². The molecular weight excluding hydrogens is 200 g/mol. The number of hydrogen-bond donors (Lipinski definition) is 1. The van der Waals surface area contributed by atoms with Crippen LogP contribution >= 0.6 is 11.6 Å². The van der Waals surface area contributed by atoms with Gasteiger partial charge in [0.1, 0.15) is 5.82 Å². The molecule has 1 rings (SSSR count). The molecule has 0 saturated carbocycles. The van der Waals surface area contributed by atoms with Crippen molar-refractivity contribution in [1.29, 1.82) is 0 Å². The summed E-state index contributed by atoms with van der Waals surface area (Å²) in [6.45, 7) is 8.08. The lowest BCUT2D eigenvalue weighted by Gasteiger charge is -2.10. The molecule has 1 heterocycles. The third-order valence-corrected chi connectivity index (χ3v) is 1.73. The van der Waals surface area contributed by atoms with Crippen molar-refractivity contribution < 1.29 is 0 Å². The number of nitrogens with one attached hydrogen (secondary N) is 1. The second-order valence-electron chi connectivity index (χ2n) is 3.74. The van der Waals surface area contributed by atoms with Gasteiger partial charge >= 0.3 is 0 Å². The van der Waals surface area contributed by atoms with E-state index in [2.05, 4.69) is 20.3 Å². The van der Waals surface area contributed by atoms with Crippen molar-refractivity contribution in [2.75, 3.05) is 5.32 Å². The van der Waals surface area contributed by atoms with Gasteiger partial charge in [-0.3, -0.25) is 0 Å². The van der Waals surface area contributed by atoms with Crippen LogP contribution in [0.15, 0.2) is 0 Å². The van der Waals surface area contributed by atoms with E-state index in [9.17, 15) is 0 Å². The largest absolute Gasteiger partial charge is 0.352 e. The number of halogens is 1. The molecule has 14 heavy (non-hydrogen) atoms. The minimum Gasteiger partial charge on any atom is -0.352 e. The van der Waals surface area contributed by atoms with Gasteiger partial charge in [0.25, 0.3) is 0 Å². The number of anilines is 1. The van der Waals surface area contributed by atoms with Gasteiger partial charge in [-0.15, -0.1) is 0 Å². The zero-order valence-corrected chi connectivity index (χ0v) is 9.63. The fraction of sp³-hybridized carbons (Fsp3) is 0.667. The van der Waals surface area contributed by atoms with Crippen molar-refractivity contribution in [2.24, 2.45) is 0 Å². The first-order chi connectivity index (χ1) is 6.49. The quantitative estimate of drug-likeness (QED) is 0.840. The molecule has 0 saturated heterocycles. The molecule has 0 atom stereocenters. The molecule has 0 amide bonds. The Morgan fingerprint density at radius 1 is 1.07 bits per heavy atom. The summed E-state index contributed by atoms with van der Waals surface area (Å²) < 4.78 is 0. The maximum Gasteiger partial charge on any atom is 0.227 e. The Morgan fingerprint density at radius 3 is 2.21 bits per heavy atom. The smallest absolute Gasteiger partial charge is 0.227 e. The summed E-state index contributed by atoms with van der Waals surface area (Å²) in [6.07, 6.45) is 0. The van der Waals surface area contributed by atoms with E-state index in [0.29, 0.717) is 11.8 Å². The number of aromatic nitrogens is 3. The topological polar surface area (TPSA) is 50.7 Å². The summed E-state index contributed by atoms with van der Waals surface area (Å²) >= 11 is 5.78. The van der Waals surface area contributed by atoms with E-state index in [1.54, 1.807) is 0 Å². The highest BCUT2D eigenvalue weighted by Crippen LogP contribution is 2.13. The maximum absolute atomic E-state index is 5.78. The Kier molecular flexibility index (Phi) is 3.63. The summed E-state index contributed by atoms with van der Waals surface area (Å²) in [5.41, 5.74) is 0. The Morgan fingerprint density at radius 2 is 1.71 bits per heavy atom. The van der Waals surface area contributed by atoms with Crippen LogP contribution in [0.4, 0.5) is 5.95 Å². The van der Waals surface area contributed by atoms with Gasteiger partial charge in [0.15, 0.2) is 0 Å². The predicted molar refractivity (Wildman–Crippen MR) is 57.7 cm³/mol. The van der Waals surface area contributed by atoms with Crippen molar-refractivity contribution in [3.63, 3.8) is 0 Å². The van der Waals surface area contributed by atoms with Gasteiger partial charge in [0.05, 0.1) is 0 Å². The van der Waals surface area contributed by atoms with E-state index in [0.717, 1.165) is 0 Å². The van der Waals surface area contributed by atoms with Crippen molar-refractivity contribution in [3.05, 3.63) is 11.1 Å². The van der Waals surface area contributed by atoms with Crippen LogP contribution in [-0.2, 0) is 0 Å². The molecule has 0 bridgehead atoms. The lowest BCUT2D eigenvalue weighted by atomic mass is 10.2. The Bertz CT molecular complexity index is 312. The van der Waals surface area contributed by atoms with Crippen LogP contribution in [0.25, 0.3) is 0 Å². The van der Waals surface area contributed by atoms with Gasteiger partial charge in [-0.05, 0) is 25.4 Å². The average Bonchev–Trinajstić information content (AvgIpc) is 2.01. The number of rotatable bonds is 3. The highest BCUT2D eigenvalue weighted by atomic mass is 35.5. The van der Waals surface area contributed by atoms with E-state index in [1.807, 2.05) is 27.7 Å². The second kappa shape index (κ2) is 4.55. The summed E-state index contributed by atoms with van der Waals surface area (Å²) in [7, 11) is 0. The molecule has 0 spiro atoms. The first-order valence-corrected chi connectivity index (χ1v) is 5.05. The van der Waals surface area contributed by atoms with Gasteiger partial charge < -0.3 is 5.32 Å². The molecule has 0 aliphatic carbocycles. The molecule has 1 aromatic rings. The van der Waals surface area contributed by atoms with Gasteiger partial charge in [-0.1, -0.05) is 13.8 Å². The Labute approximate surface area is 89.1 Å². The number of nitrogens with zero attached hydrogens (tertiary/aromatic N) is 3. The van der Waals surface area contributed by atoms with Crippen molar-refractivity contribution in [2.45, 2.75) is 39.7 Å². The third kappa shape index (κ3) is 3.10. The fourth-order valence-electron chi connectivity index (χ4n) is 0.946. The molecular formula is C9H15ClN4. The molecule has 1 aromatic heterocycles. The fourth-order valence-corrected chi connectivity index (χ4v) is 1.11. The van der Waals surface area contributed by atoms with E-state index in [4.69, 9.17) is 11.6 Å². The van der Waals surface area contributed by atoms with Gasteiger partial charge in [0, 0.05) is 12.0 Å². The summed E-state index contributed by atoms with van der Waals surface area (Å²) in [5.74, 6) is 1.51. The lowest BCUT2D eigenvalue weighted by molar-refractivity contribution is 0.753. The lowest BCUT2D eigenvalue weighted by Crippen LogP contribution is -2.14. The van der Waals surface area contributed by atoms with E-state index < -0.39 is 0 Å². The Hall–Kier alpha value is -0.900. The third-order valence-electron chi connectivity index (χ3n) is 1.56. The zero-order valence-electron chi connectivity index (χ0n) is 8.87. The zero-order chi connectivity index (χ0) is 10.7. The van der Waals surface area contributed by atoms with Gasteiger partial charge in [-0.2, -0.15) is 9.97 Å². The van der Waals surface area contributed by atoms with Crippen LogP contribution in [0.1, 0.15) is 39.4 Å². The van der Waals surface area contributed by atoms with E-state index >= 15 is 0 Å². The van der Waals surface area contributed by atoms with Crippen LogP contribution in [0.3, 0.4) is 0 Å². The normalized spacial score (nSPS) is 11.1. The molecule has 0 unspecified atom stereocenters. The first kappa shape index (κ1) is 11.2. The molecule has 0 fully saturated rings. The molecule has 0 aliphatic heterocycles. The SMILES string of the molecule is CC(C)Nc1nc(Cl)nc(C(C)C)n1. The molecule has 78 valence electrons. The van der Waals surface area contributed by atoms with Crippen molar-refractivity contribution >= 4 is 17.5 Å². The maximum atomic E-state index is 5.78. The average molecular weight is 215 g/mol. The Balaban J connectivity index is 2.95. The van der Waals surface area contributed by atoms with Crippen LogP contribution in [0, 0.1) is 0 Å². The first-order valence-electron chi connectivity index (χ1n) is 4.67. The number of hydrogen-bond acceptors (Lipinski definition) is 4. The molecule has 1 N–H and O–H groups in total. The second-order valence-corrected chi connectivity index (χ2v) is 4.08. The highest BCUT2D eigenvalue weighted by Gasteiger charge is 2.08. The van der Waals surface area contributed by atoms with Crippen molar-refractivity contribution in [1.82, 2.24) is 15.0 Å². The minimum atomic E-state index is 0.242. The summed E-state index contributed by atoms with van der Waals surface area (Å²) in [5, 5.41) is 3.34. The molecule has 4 nitrogen and oxygen atoms in total. The van der Waals surface area contributed by atoms with Crippen LogP contribution in [0.2, 0.25) is 5.28 Å². The molecule has 0 radical (unpaired) electrons. The minimum absolute atomic E-state index is 0.242. The van der Waals surface area contributed by atoms with E-state index in [-0.39, 0.29) is 17.2 Å². The van der Waals surface area contributed by atoms with Crippen molar-refractivity contribution in [3.8, 4) is 0 Å². The summed E-state index contributed by atoms with van der Waals surface area (Å²) in [6, 6.07) is 0.286. The standard InChI is InChI=1S/C9H15ClN4/c1-5(2)7-12-8(10)14-9(13-7)11-6(3)4/h5-6H,1-4H3,(H,11,12,13,14). The van der Waals surface area contributed by atoms with Crippen LogP contribution < -0.4 is 5.32 Å². The molecule has 0 aromatic carbocycles. The van der Waals surface area contributed by atoms with Gasteiger partial charge in [-0.25, -0.2) is 4.98 Å². The van der Waals surface area contributed by atoms with Crippen LogP contribution in [-0.4, -0.2) is 21.0 Å². The summed E-state index contributed by atoms with van der Waals surface area (Å²) in [4.78, 5) is 12.3. The predicted octanol–water partition coefficient (Wildman–Crippen LogP) is 2.47.